The summed E-state index contributed by atoms with van der Waals surface area (Å²) < 4.78 is 55.6. The highest BCUT2D eigenvalue weighted by Gasteiger charge is 2.40. The number of benzene rings is 2. The van der Waals surface area contributed by atoms with Gasteiger partial charge in [-0.15, -0.1) is 11.3 Å². The first-order chi connectivity index (χ1) is 26.7. The number of thiophene rings is 1. The number of nitrogens with one attached hydrogen (secondary N) is 1. The number of anilines is 2. The summed E-state index contributed by atoms with van der Waals surface area (Å²) in [6, 6.07) is 5.43. The number of nitrogens with zero attached hydrogens (tertiary/aromatic N) is 6. The monoisotopic (exact) mass is 827 g/mol. The summed E-state index contributed by atoms with van der Waals surface area (Å²) in [7, 11) is 5.45. The number of carbonyl (C=O) groups excluding carboxylic acids is 2. The van der Waals surface area contributed by atoms with Gasteiger partial charge in [0.15, 0.2) is 5.82 Å². The van der Waals surface area contributed by atoms with E-state index in [4.69, 9.17) is 35.5 Å². The van der Waals surface area contributed by atoms with E-state index in [0.29, 0.717) is 18.8 Å². The molecule has 13 nitrogen and oxygen atoms in total. The molecule has 4 heterocycles. The van der Waals surface area contributed by atoms with E-state index in [1.165, 1.54) is 12.1 Å². The third-order valence-corrected chi connectivity index (χ3v) is 11.6. The minimum absolute atomic E-state index is 0.0117. The predicted molar refractivity (Wildman–Crippen MR) is 216 cm³/mol. The van der Waals surface area contributed by atoms with E-state index in [1.54, 1.807) is 32.8 Å². The third kappa shape index (κ3) is 8.67. The molecule has 2 aromatic carbocycles. The number of methoxy groups -OCH3 is 1. The van der Waals surface area contributed by atoms with E-state index in [0.717, 1.165) is 30.4 Å². The molecule has 0 bridgehead atoms. The van der Waals surface area contributed by atoms with Crippen LogP contribution >= 0.6 is 22.9 Å². The van der Waals surface area contributed by atoms with Crippen molar-refractivity contribution < 1.29 is 37.3 Å². The van der Waals surface area contributed by atoms with Crippen molar-refractivity contribution in [2.24, 2.45) is 0 Å². The van der Waals surface area contributed by atoms with Gasteiger partial charge in [-0.3, -0.25) is 10.2 Å². The van der Waals surface area contributed by atoms with Crippen LogP contribution in [-0.4, -0.2) is 108 Å². The fourth-order valence-electron chi connectivity index (χ4n) is 7.45. The second-order valence-electron chi connectivity index (χ2n) is 16.5. The van der Waals surface area contributed by atoms with Crippen LogP contribution in [0.1, 0.15) is 66.9 Å². The Morgan fingerprint density at radius 1 is 1.14 bits per heavy atom. The van der Waals surface area contributed by atoms with Gasteiger partial charge in [0.2, 0.25) is 0 Å². The number of likely N-dealkylation sites (tertiary alicyclic amines) is 2. The van der Waals surface area contributed by atoms with Crippen molar-refractivity contribution in [3.63, 3.8) is 0 Å². The highest BCUT2D eigenvalue weighted by Crippen LogP contribution is 2.47. The standard InChI is InChI=1S/C40H48ClF2N7O6S/c1-20-28(13-14-50(20)38(52)56-40(5,6)7)49(9)34-24-16-26(41)30(31(43)32(24)45-36(46-34)54-19-21-15-22(53-10)18-48(21)8)23-11-12-27(42)33-29(23)25(17-44)35(57-33)47-37(51)55-39(2,3)4/h11-12,16,20-22,28H,13-15,18-19H2,1-10H3,(H,47,51)/t20-,21+,22-,28-/m1/s1. The topological polar surface area (TPSA) is 142 Å². The lowest BCUT2D eigenvalue weighted by Crippen LogP contribution is -2.45. The summed E-state index contributed by atoms with van der Waals surface area (Å²) >= 11 is 7.79. The number of amides is 2. The Morgan fingerprint density at radius 2 is 1.84 bits per heavy atom. The number of nitriles is 1. The molecule has 0 unspecified atom stereocenters. The molecule has 0 spiro atoms. The average Bonchev–Trinajstić information content (AvgIpc) is 3.80. The molecule has 17 heteroatoms. The predicted octanol–water partition coefficient (Wildman–Crippen LogP) is 8.59. The van der Waals surface area contributed by atoms with E-state index >= 15 is 8.78 Å². The molecule has 6 rings (SSSR count). The van der Waals surface area contributed by atoms with E-state index in [2.05, 4.69) is 21.3 Å². The Bertz CT molecular complexity index is 2250. The van der Waals surface area contributed by atoms with E-state index in [1.807, 2.05) is 46.7 Å². The summed E-state index contributed by atoms with van der Waals surface area (Å²) in [6.07, 6.45) is 0.0477. The minimum Gasteiger partial charge on any atom is -0.462 e. The molecule has 2 saturated heterocycles. The molecule has 2 fully saturated rings. The van der Waals surface area contributed by atoms with Gasteiger partial charge < -0.3 is 28.7 Å². The van der Waals surface area contributed by atoms with Crippen molar-refractivity contribution in [1.82, 2.24) is 19.8 Å². The number of halogens is 3. The minimum atomic E-state index is -0.851. The normalized spacial score (nSPS) is 20.2. The molecular formula is C40H48ClF2N7O6S. The molecule has 4 atom stereocenters. The van der Waals surface area contributed by atoms with E-state index in [-0.39, 0.29) is 84.5 Å². The molecule has 1 N–H and O–H groups in total. The Morgan fingerprint density at radius 3 is 2.47 bits per heavy atom. The number of fused-ring (bicyclic) bond motifs is 2. The van der Waals surface area contributed by atoms with Crippen LogP contribution in [0.2, 0.25) is 5.02 Å². The highest BCUT2D eigenvalue weighted by atomic mass is 35.5. The maximum Gasteiger partial charge on any atom is 0.412 e. The van der Waals surface area contributed by atoms with Crippen LogP contribution < -0.4 is 15.0 Å². The lowest BCUT2D eigenvalue weighted by Gasteiger charge is -2.33. The van der Waals surface area contributed by atoms with Gasteiger partial charge in [0.05, 0.1) is 33.5 Å². The molecule has 4 aromatic rings. The number of hydrogen-bond donors (Lipinski definition) is 1. The van der Waals surface area contributed by atoms with Crippen LogP contribution in [0, 0.1) is 23.0 Å². The van der Waals surface area contributed by atoms with Crippen molar-refractivity contribution in [2.45, 2.75) is 96.7 Å². The molecular weight excluding hydrogens is 780 g/mol. The van der Waals surface area contributed by atoms with Crippen LogP contribution in [0.15, 0.2) is 18.2 Å². The summed E-state index contributed by atoms with van der Waals surface area (Å²) in [6.45, 7) is 13.8. The first kappa shape index (κ1) is 42.1. The maximum absolute atomic E-state index is 17.4. The zero-order chi connectivity index (χ0) is 41.7. The van der Waals surface area contributed by atoms with Gasteiger partial charge in [0, 0.05) is 49.6 Å². The van der Waals surface area contributed by atoms with Crippen LogP contribution in [0.4, 0.5) is 29.2 Å². The summed E-state index contributed by atoms with van der Waals surface area (Å²) in [4.78, 5) is 40.9. The van der Waals surface area contributed by atoms with Crippen molar-refractivity contribution in [3.8, 4) is 23.2 Å². The quantitative estimate of drug-likeness (QED) is 0.183. The van der Waals surface area contributed by atoms with Gasteiger partial charge in [-0.1, -0.05) is 17.7 Å². The zero-order valence-corrected chi connectivity index (χ0v) is 35.3. The smallest absolute Gasteiger partial charge is 0.412 e. The molecule has 0 radical (unpaired) electrons. The first-order valence-corrected chi connectivity index (χ1v) is 19.8. The van der Waals surface area contributed by atoms with Gasteiger partial charge in [-0.25, -0.2) is 18.4 Å². The largest absolute Gasteiger partial charge is 0.462 e. The van der Waals surface area contributed by atoms with Crippen LogP contribution in [0.3, 0.4) is 0 Å². The molecule has 0 saturated carbocycles. The van der Waals surface area contributed by atoms with E-state index < -0.39 is 35.0 Å². The van der Waals surface area contributed by atoms with Crippen molar-refractivity contribution in [1.29, 1.82) is 5.26 Å². The van der Waals surface area contributed by atoms with Gasteiger partial charge in [0.1, 0.15) is 46.0 Å². The summed E-state index contributed by atoms with van der Waals surface area (Å²) in [5, 5.41) is 13.2. The lowest BCUT2D eigenvalue weighted by atomic mass is 9.97. The number of aromatic nitrogens is 2. The van der Waals surface area contributed by atoms with Gasteiger partial charge >= 0.3 is 18.2 Å². The maximum atomic E-state index is 17.4. The number of hydrogen-bond acceptors (Lipinski definition) is 12. The molecule has 306 valence electrons. The second kappa shape index (κ2) is 16.0. The summed E-state index contributed by atoms with van der Waals surface area (Å²) in [5.74, 6) is -1.21. The van der Waals surface area contributed by atoms with Gasteiger partial charge in [-0.05, 0) is 86.1 Å². The van der Waals surface area contributed by atoms with Crippen molar-refractivity contribution in [2.75, 3.05) is 51.1 Å². The second-order valence-corrected chi connectivity index (χ2v) is 17.9. The van der Waals surface area contributed by atoms with E-state index in [9.17, 15) is 14.9 Å². The number of ether oxygens (including phenoxy) is 4. The number of carbonyl (C=O) groups is 2. The van der Waals surface area contributed by atoms with Gasteiger partial charge in [0.25, 0.3) is 0 Å². The Kier molecular flexibility index (Phi) is 11.8. The van der Waals surface area contributed by atoms with Crippen molar-refractivity contribution in [3.05, 3.63) is 40.4 Å². The highest BCUT2D eigenvalue weighted by molar-refractivity contribution is 7.23. The first-order valence-electron chi connectivity index (χ1n) is 18.6. The molecule has 2 aliphatic heterocycles. The number of rotatable bonds is 8. The lowest BCUT2D eigenvalue weighted by molar-refractivity contribution is 0.0233. The Hall–Kier alpha value is -4.56. The van der Waals surface area contributed by atoms with Crippen LogP contribution in [-0.2, 0) is 14.2 Å². The van der Waals surface area contributed by atoms with Crippen LogP contribution in [0.5, 0.6) is 6.01 Å². The molecule has 2 aliphatic rings. The Balaban J connectivity index is 1.47. The average molecular weight is 828 g/mol. The molecule has 57 heavy (non-hydrogen) atoms. The van der Waals surface area contributed by atoms with Crippen molar-refractivity contribution >= 4 is 66.9 Å². The molecule has 2 amide bonds. The summed E-state index contributed by atoms with van der Waals surface area (Å²) in [5.41, 5.74) is -1.74. The van der Waals surface area contributed by atoms with Gasteiger partial charge in [-0.2, -0.15) is 15.2 Å². The molecule has 2 aromatic heterocycles. The number of likely N-dealkylation sites (N-methyl/N-ethyl adjacent to an activating group) is 2. The fourth-order valence-corrected chi connectivity index (χ4v) is 8.81. The Labute approximate surface area is 339 Å². The molecule has 0 aliphatic carbocycles. The third-order valence-electron chi connectivity index (χ3n) is 10.2. The zero-order valence-electron chi connectivity index (χ0n) is 33.8. The SMILES string of the molecule is CO[C@@H]1C[C@@H](COc2nc(N(C)[C@@H]3CCN(C(=O)OC(C)(C)C)[C@@H]3C)c3cc(Cl)c(-c4ccc(F)c5sc(NC(=O)OC(C)(C)C)c(C#N)c45)c(F)c3n2)N(C)C1. The van der Waals surface area contributed by atoms with Crippen LogP contribution in [0.25, 0.3) is 32.1 Å². The fraction of sp³-hybridized carbons (Fsp3) is 0.525.